The van der Waals surface area contributed by atoms with Gasteiger partial charge in [0.05, 0.1) is 18.8 Å². The van der Waals surface area contributed by atoms with Crippen molar-refractivity contribution >= 4 is 0 Å². The number of nitrogens with two attached hydrogens (primary N) is 1. The molecule has 0 heterocycles. The summed E-state index contributed by atoms with van der Waals surface area (Å²) >= 11 is 0. The smallest absolute Gasteiger partial charge is 0.124 e. The molecule has 0 spiro atoms. The molecule has 1 unspecified atom stereocenters. The van der Waals surface area contributed by atoms with Crippen LogP contribution in [-0.4, -0.2) is 29.0 Å². The van der Waals surface area contributed by atoms with Crippen LogP contribution in [0.1, 0.15) is 31.7 Å². The first-order valence-electron chi connectivity index (χ1n) is 6.33. The standard InChI is InChI=1S/C14H23NO3/c1-14(17,11-15)8-4-5-9-18-13-7-3-2-6-12(13)10-16/h2-3,6-7,16-17H,4-5,8-11,15H2,1H3. The second kappa shape index (κ2) is 7.36. The number of benzene rings is 1. The van der Waals surface area contributed by atoms with Crippen molar-refractivity contribution in [1.29, 1.82) is 0 Å². The average molecular weight is 253 g/mol. The Balaban J connectivity index is 2.26. The third-order valence-electron chi connectivity index (χ3n) is 2.95. The molecule has 4 N–H and O–H groups in total. The Morgan fingerprint density at radius 3 is 2.67 bits per heavy atom. The molecule has 1 aromatic carbocycles. The third kappa shape index (κ3) is 5.04. The summed E-state index contributed by atoms with van der Waals surface area (Å²) in [6.07, 6.45) is 2.40. The summed E-state index contributed by atoms with van der Waals surface area (Å²) < 4.78 is 5.60. The minimum atomic E-state index is -0.775. The van der Waals surface area contributed by atoms with Crippen LogP contribution in [0.25, 0.3) is 0 Å². The topological polar surface area (TPSA) is 75.7 Å². The van der Waals surface area contributed by atoms with Gasteiger partial charge in [-0.15, -0.1) is 0 Å². The van der Waals surface area contributed by atoms with E-state index in [4.69, 9.17) is 15.6 Å². The van der Waals surface area contributed by atoms with Crippen molar-refractivity contribution < 1.29 is 14.9 Å². The van der Waals surface area contributed by atoms with Crippen LogP contribution in [0.15, 0.2) is 24.3 Å². The highest BCUT2D eigenvalue weighted by Crippen LogP contribution is 2.18. The van der Waals surface area contributed by atoms with Gasteiger partial charge in [0.2, 0.25) is 0 Å². The van der Waals surface area contributed by atoms with Gasteiger partial charge in [0.25, 0.3) is 0 Å². The van der Waals surface area contributed by atoms with Crippen molar-refractivity contribution in [1.82, 2.24) is 0 Å². The molecule has 4 heteroatoms. The van der Waals surface area contributed by atoms with Crippen molar-refractivity contribution in [3.63, 3.8) is 0 Å². The molecule has 102 valence electrons. The van der Waals surface area contributed by atoms with Crippen molar-refractivity contribution in [2.24, 2.45) is 5.73 Å². The fraction of sp³-hybridized carbons (Fsp3) is 0.571. The summed E-state index contributed by atoms with van der Waals surface area (Å²) in [7, 11) is 0. The van der Waals surface area contributed by atoms with Crippen LogP contribution in [-0.2, 0) is 6.61 Å². The van der Waals surface area contributed by atoms with Crippen LogP contribution in [0.2, 0.25) is 0 Å². The largest absolute Gasteiger partial charge is 0.493 e. The van der Waals surface area contributed by atoms with E-state index in [1.807, 2.05) is 24.3 Å². The molecule has 1 atom stereocenters. The van der Waals surface area contributed by atoms with Crippen LogP contribution in [0.5, 0.6) is 5.75 Å². The first-order chi connectivity index (χ1) is 8.59. The van der Waals surface area contributed by atoms with Gasteiger partial charge in [-0.3, -0.25) is 0 Å². The molecular formula is C14H23NO3. The maximum Gasteiger partial charge on any atom is 0.124 e. The van der Waals surface area contributed by atoms with Gasteiger partial charge in [0.15, 0.2) is 0 Å². The van der Waals surface area contributed by atoms with E-state index in [-0.39, 0.29) is 13.2 Å². The Bertz CT molecular complexity index is 353. The van der Waals surface area contributed by atoms with E-state index < -0.39 is 5.60 Å². The minimum Gasteiger partial charge on any atom is -0.493 e. The van der Waals surface area contributed by atoms with E-state index in [0.717, 1.165) is 24.2 Å². The van der Waals surface area contributed by atoms with Crippen molar-refractivity contribution in [2.75, 3.05) is 13.2 Å². The molecule has 0 fully saturated rings. The summed E-state index contributed by atoms with van der Waals surface area (Å²) in [6, 6.07) is 7.45. The highest BCUT2D eigenvalue weighted by atomic mass is 16.5. The molecule has 0 saturated heterocycles. The zero-order chi connectivity index (χ0) is 13.4. The van der Waals surface area contributed by atoms with Crippen molar-refractivity contribution in [3.8, 4) is 5.75 Å². The molecule has 1 aromatic rings. The molecule has 0 bridgehead atoms. The highest BCUT2D eigenvalue weighted by Gasteiger charge is 2.16. The number of rotatable bonds is 8. The van der Waals surface area contributed by atoms with Crippen LogP contribution in [0, 0.1) is 0 Å². The number of hydrogen-bond donors (Lipinski definition) is 3. The third-order valence-corrected chi connectivity index (χ3v) is 2.95. The van der Waals surface area contributed by atoms with Gasteiger partial charge in [0, 0.05) is 12.1 Å². The molecule has 0 aliphatic carbocycles. The predicted octanol–water partition coefficient (Wildman–Crippen LogP) is 1.44. The van der Waals surface area contributed by atoms with Gasteiger partial charge in [-0.1, -0.05) is 18.2 Å². The SMILES string of the molecule is CC(O)(CN)CCCCOc1ccccc1CO. The van der Waals surface area contributed by atoms with Gasteiger partial charge in [-0.2, -0.15) is 0 Å². The van der Waals surface area contributed by atoms with E-state index in [0.29, 0.717) is 13.0 Å². The Morgan fingerprint density at radius 2 is 2.00 bits per heavy atom. The Hall–Kier alpha value is -1.10. The van der Waals surface area contributed by atoms with Gasteiger partial charge >= 0.3 is 0 Å². The average Bonchev–Trinajstić information content (AvgIpc) is 2.38. The van der Waals surface area contributed by atoms with E-state index in [9.17, 15) is 5.11 Å². The number of aliphatic hydroxyl groups is 2. The van der Waals surface area contributed by atoms with Crippen molar-refractivity contribution in [2.45, 2.75) is 38.4 Å². The van der Waals surface area contributed by atoms with Gasteiger partial charge < -0.3 is 20.7 Å². The molecule has 0 radical (unpaired) electrons. The number of aliphatic hydroxyl groups excluding tert-OH is 1. The highest BCUT2D eigenvalue weighted by molar-refractivity contribution is 5.32. The fourth-order valence-corrected chi connectivity index (χ4v) is 1.67. The number of hydrogen-bond acceptors (Lipinski definition) is 4. The summed E-state index contributed by atoms with van der Waals surface area (Å²) in [5, 5.41) is 18.9. The maximum atomic E-state index is 9.72. The van der Waals surface area contributed by atoms with Gasteiger partial charge in [-0.25, -0.2) is 0 Å². The lowest BCUT2D eigenvalue weighted by Crippen LogP contribution is -2.33. The minimum absolute atomic E-state index is 0.0158. The summed E-state index contributed by atoms with van der Waals surface area (Å²) in [4.78, 5) is 0. The number of para-hydroxylation sites is 1. The van der Waals surface area contributed by atoms with Crippen LogP contribution >= 0.6 is 0 Å². The molecule has 4 nitrogen and oxygen atoms in total. The lowest BCUT2D eigenvalue weighted by Gasteiger charge is -2.20. The zero-order valence-electron chi connectivity index (χ0n) is 10.9. The second-order valence-corrected chi connectivity index (χ2v) is 4.77. The lowest BCUT2D eigenvalue weighted by atomic mass is 10.00. The summed E-state index contributed by atoms with van der Waals surface area (Å²) in [5.74, 6) is 0.727. The molecule has 0 amide bonds. The van der Waals surface area contributed by atoms with Crippen LogP contribution < -0.4 is 10.5 Å². The Morgan fingerprint density at radius 1 is 1.28 bits per heavy atom. The molecular weight excluding hydrogens is 230 g/mol. The summed E-state index contributed by atoms with van der Waals surface area (Å²) in [6.45, 7) is 2.59. The van der Waals surface area contributed by atoms with Crippen LogP contribution in [0.4, 0.5) is 0 Å². The second-order valence-electron chi connectivity index (χ2n) is 4.77. The van der Waals surface area contributed by atoms with E-state index in [1.165, 1.54) is 0 Å². The summed E-state index contributed by atoms with van der Waals surface area (Å²) in [5.41, 5.74) is 5.46. The Labute approximate surface area is 108 Å². The van der Waals surface area contributed by atoms with Crippen molar-refractivity contribution in [3.05, 3.63) is 29.8 Å². The monoisotopic (exact) mass is 253 g/mol. The van der Waals surface area contributed by atoms with E-state index >= 15 is 0 Å². The van der Waals surface area contributed by atoms with Gasteiger partial charge in [-0.05, 0) is 32.3 Å². The first-order valence-corrected chi connectivity index (χ1v) is 6.33. The molecule has 1 rings (SSSR count). The van der Waals surface area contributed by atoms with E-state index in [1.54, 1.807) is 6.92 Å². The molecule has 0 saturated carbocycles. The lowest BCUT2D eigenvalue weighted by molar-refractivity contribution is 0.0562. The maximum absolute atomic E-state index is 9.72. The quantitative estimate of drug-likeness (QED) is 0.613. The number of ether oxygens (including phenoxy) is 1. The first kappa shape index (κ1) is 15.0. The zero-order valence-corrected chi connectivity index (χ0v) is 10.9. The predicted molar refractivity (Wildman–Crippen MR) is 71.4 cm³/mol. The fourth-order valence-electron chi connectivity index (χ4n) is 1.67. The van der Waals surface area contributed by atoms with Crippen LogP contribution in [0.3, 0.4) is 0 Å². The Kier molecular flexibility index (Phi) is 6.12. The molecule has 0 aliphatic heterocycles. The normalized spacial score (nSPS) is 14.2. The van der Waals surface area contributed by atoms with E-state index in [2.05, 4.69) is 0 Å². The molecule has 0 aromatic heterocycles. The van der Waals surface area contributed by atoms with Gasteiger partial charge in [0.1, 0.15) is 5.75 Å². The number of unbranched alkanes of at least 4 members (excludes halogenated alkanes) is 1. The molecule has 18 heavy (non-hydrogen) atoms. The molecule has 0 aliphatic rings.